The van der Waals surface area contributed by atoms with Gasteiger partial charge in [0, 0.05) is 45.1 Å². The lowest BCUT2D eigenvalue weighted by Crippen LogP contribution is -2.52. The molecule has 0 saturated carbocycles. The van der Waals surface area contributed by atoms with Crippen LogP contribution in [-0.2, 0) is 16.6 Å². The Hall–Kier alpha value is -1.87. The van der Waals surface area contributed by atoms with Gasteiger partial charge in [-0.25, -0.2) is 13.2 Å². The van der Waals surface area contributed by atoms with E-state index in [-0.39, 0.29) is 29.0 Å². The van der Waals surface area contributed by atoms with E-state index in [4.69, 9.17) is 23.2 Å². The zero-order valence-corrected chi connectivity index (χ0v) is 16.6. The van der Waals surface area contributed by atoms with E-state index >= 15 is 0 Å². The zero-order chi connectivity index (χ0) is 19.4. The molecule has 27 heavy (non-hydrogen) atoms. The molecule has 1 aliphatic rings. The Labute approximate surface area is 167 Å². The number of pyridine rings is 1. The first-order valence-electron chi connectivity index (χ1n) is 8.25. The summed E-state index contributed by atoms with van der Waals surface area (Å²) in [4.78, 5) is 18.0. The highest BCUT2D eigenvalue weighted by atomic mass is 35.5. The summed E-state index contributed by atoms with van der Waals surface area (Å²) in [7, 11) is -3.68. The normalized spacial score (nSPS) is 15.6. The van der Waals surface area contributed by atoms with Crippen molar-refractivity contribution < 1.29 is 13.2 Å². The Morgan fingerprint density at radius 2 is 1.85 bits per heavy atom. The van der Waals surface area contributed by atoms with Crippen LogP contribution in [0.15, 0.2) is 47.6 Å². The summed E-state index contributed by atoms with van der Waals surface area (Å²) in [6, 6.07) is 7.66. The summed E-state index contributed by atoms with van der Waals surface area (Å²) in [5, 5.41) is 3.30. The highest BCUT2D eigenvalue weighted by Crippen LogP contribution is 2.27. The van der Waals surface area contributed by atoms with Crippen LogP contribution in [0, 0.1) is 0 Å². The minimum absolute atomic E-state index is 0.0892. The number of rotatable bonds is 4. The number of nitrogens with zero attached hydrogens (tertiary/aromatic N) is 3. The second-order valence-electron chi connectivity index (χ2n) is 5.99. The molecule has 0 bridgehead atoms. The molecule has 0 aliphatic carbocycles. The Morgan fingerprint density at radius 1 is 1.11 bits per heavy atom. The fraction of sp³-hybridized carbons (Fsp3) is 0.294. The van der Waals surface area contributed by atoms with Gasteiger partial charge in [-0.1, -0.05) is 29.3 Å². The third-order valence-electron chi connectivity index (χ3n) is 4.22. The molecule has 0 unspecified atom stereocenters. The molecule has 3 rings (SSSR count). The molecule has 2 heterocycles. The number of sulfonamides is 1. The fourth-order valence-electron chi connectivity index (χ4n) is 2.71. The summed E-state index contributed by atoms with van der Waals surface area (Å²) in [6.07, 6.45) is 3.35. The molecule has 0 atom stereocenters. The average Bonchev–Trinajstić information content (AvgIpc) is 2.69. The Morgan fingerprint density at radius 3 is 2.48 bits per heavy atom. The van der Waals surface area contributed by atoms with Crippen LogP contribution in [0.1, 0.15) is 5.56 Å². The zero-order valence-electron chi connectivity index (χ0n) is 14.3. The molecule has 1 N–H and O–H groups in total. The predicted molar refractivity (Wildman–Crippen MR) is 103 cm³/mol. The van der Waals surface area contributed by atoms with Crippen molar-refractivity contribution >= 4 is 39.3 Å². The number of hydrogen-bond acceptors (Lipinski definition) is 4. The first kappa shape index (κ1) is 19.9. The van der Waals surface area contributed by atoms with Crippen molar-refractivity contribution in [1.29, 1.82) is 0 Å². The van der Waals surface area contributed by atoms with Crippen molar-refractivity contribution in [1.82, 2.24) is 19.5 Å². The average molecular weight is 429 g/mol. The topological polar surface area (TPSA) is 82.6 Å². The molecule has 7 nitrogen and oxygen atoms in total. The first-order chi connectivity index (χ1) is 12.9. The van der Waals surface area contributed by atoms with Gasteiger partial charge in [-0.3, -0.25) is 4.98 Å². The summed E-state index contributed by atoms with van der Waals surface area (Å²) >= 11 is 11.8. The number of nitrogens with one attached hydrogen (secondary N) is 1. The van der Waals surface area contributed by atoms with E-state index in [9.17, 15) is 13.2 Å². The van der Waals surface area contributed by atoms with Gasteiger partial charge in [-0.2, -0.15) is 4.31 Å². The molecule has 1 fully saturated rings. The number of benzene rings is 1. The third kappa shape index (κ3) is 4.70. The number of amides is 2. The fourth-order valence-corrected chi connectivity index (χ4v) is 4.52. The molecule has 1 aromatic heterocycles. The number of hydrogen-bond donors (Lipinski definition) is 1. The van der Waals surface area contributed by atoms with Crippen LogP contribution in [0.2, 0.25) is 10.0 Å². The number of urea groups is 1. The molecule has 144 valence electrons. The van der Waals surface area contributed by atoms with Crippen molar-refractivity contribution in [2.24, 2.45) is 0 Å². The van der Waals surface area contributed by atoms with E-state index in [1.165, 1.54) is 22.5 Å². The minimum atomic E-state index is -3.68. The summed E-state index contributed by atoms with van der Waals surface area (Å²) in [5.41, 5.74) is 0.895. The van der Waals surface area contributed by atoms with Crippen LogP contribution in [0.5, 0.6) is 0 Å². The standard InChI is InChI=1S/C17H18Cl2N4O3S/c18-15-4-3-14(10-16(15)19)27(25,26)23-8-6-22(7-9-23)17(24)21-12-13-2-1-5-20-11-13/h1-5,10-11H,6-9,12H2,(H,21,24). The number of carbonyl (C=O) groups excluding carboxylic acids is 1. The van der Waals surface area contributed by atoms with Gasteiger partial charge in [-0.15, -0.1) is 0 Å². The van der Waals surface area contributed by atoms with Crippen molar-refractivity contribution in [2.75, 3.05) is 26.2 Å². The van der Waals surface area contributed by atoms with E-state index in [0.717, 1.165) is 5.56 Å². The maximum atomic E-state index is 12.7. The van der Waals surface area contributed by atoms with Gasteiger partial charge >= 0.3 is 6.03 Å². The highest BCUT2D eigenvalue weighted by Gasteiger charge is 2.30. The van der Waals surface area contributed by atoms with Gasteiger partial charge < -0.3 is 10.2 Å². The van der Waals surface area contributed by atoms with Crippen molar-refractivity contribution in [2.45, 2.75) is 11.4 Å². The second kappa shape index (κ2) is 8.43. The van der Waals surface area contributed by atoms with Crippen LogP contribution < -0.4 is 5.32 Å². The summed E-state index contributed by atoms with van der Waals surface area (Å²) in [6.45, 7) is 1.40. The lowest BCUT2D eigenvalue weighted by molar-refractivity contribution is 0.172. The van der Waals surface area contributed by atoms with Crippen molar-refractivity contribution in [3.05, 3.63) is 58.3 Å². The first-order valence-corrected chi connectivity index (χ1v) is 10.4. The smallest absolute Gasteiger partial charge is 0.317 e. The van der Waals surface area contributed by atoms with Gasteiger partial charge in [0.05, 0.1) is 14.9 Å². The van der Waals surface area contributed by atoms with E-state index in [0.29, 0.717) is 24.7 Å². The van der Waals surface area contributed by atoms with Gasteiger partial charge in [-0.05, 0) is 29.8 Å². The SMILES string of the molecule is O=C(NCc1cccnc1)N1CCN(S(=O)(=O)c2ccc(Cl)c(Cl)c2)CC1. The quantitative estimate of drug-likeness (QED) is 0.810. The molecule has 2 amide bonds. The molecular weight excluding hydrogens is 411 g/mol. The van der Waals surface area contributed by atoms with Crippen LogP contribution in [0.25, 0.3) is 0 Å². The molecule has 1 aromatic carbocycles. The summed E-state index contributed by atoms with van der Waals surface area (Å²) in [5.74, 6) is 0. The van der Waals surface area contributed by atoms with E-state index in [2.05, 4.69) is 10.3 Å². The third-order valence-corrected chi connectivity index (χ3v) is 6.85. The van der Waals surface area contributed by atoms with Crippen molar-refractivity contribution in [3.63, 3.8) is 0 Å². The summed E-state index contributed by atoms with van der Waals surface area (Å²) < 4.78 is 26.8. The van der Waals surface area contributed by atoms with Crippen LogP contribution in [-0.4, -0.2) is 54.8 Å². The van der Waals surface area contributed by atoms with Crippen LogP contribution in [0.3, 0.4) is 0 Å². The Balaban J connectivity index is 1.57. The van der Waals surface area contributed by atoms with Crippen molar-refractivity contribution in [3.8, 4) is 0 Å². The molecule has 1 aliphatic heterocycles. The number of piperazine rings is 1. The van der Waals surface area contributed by atoms with Gasteiger partial charge in [0.2, 0.25) is 10.0 Å². The molecule has 10 heteroatoms. The largest absolute Gasteiger partial charge is 0.334 e. The molecule has 0 spiro atoms. The predicted octanol–water partition coefficient (Wildman–Crippen LogP) is 2.60. The number of aromatic nitrogens is 1. The molecule has 2 aromatic rings. The van der Waals surface area contributed by atoms with Gasteiger partial charge in [0.15, 0.2) is 0 Å². The highest BCUT2D eigenvalue weighted by molar-refractivity contribution is 7.89. The number of halogens is 2. The molecule has 0 radical (unpaired) electrons. The second-order valence-corrected chi connectivity index (χ2v) is 8.74. The van der Waals surface area contributed by atoms with Gasteiger partial charge in [0.1, 0.15) is 0 Å². The lowest BCUT2D eigenvalue weighted by atomic mass is 10.3. The lowest BCUT2D eigenvalue weighted by Gasteiger charge is -2.34. The molecular formula is C17H18Cl2N4O3S. The van der Waals surface area contributed by atoms with E-state index in [1.807, 2.05) is 6.07 Å². The van der Waals surface area contributed by atoms with Crippen LogP contribution >= 0.6 is 23.2 Å². The minimum Gasteiger partial charge on any atom is -0.334 e. The molecule has 1 saturated heterocycles. The Kier molecular flexibility index (Phi) is 6.21. The van der Waals surface area contributed by atoms with E-state index < -0.39 is 10.0 Å². The maximum Gasteiger partial charge on any atom is 0.317 e. The van der Waals surface area contributed by atoms with E-state index in [1.54, 1.807) is 23.4 Å². The maximum absolute atomic E-state index is 12.7. The van der Waals surface area contributed by atoms with Crippen LogP contribution in [0.4, 0.5) is 4.79 Å². The monoisotopic (exact) mass is 428 g/mol. The number of carbonyl (C=O) groups is 1. The van der Waals surface area contributed by atoms with Gasteiger partial charge in [0.25, 0.3) is 0 Å². The Bertz CT molecular complexity index is 917.